The Morgan fingerprint density at radius 2 is 1.96 bits per heavy atom. The lowest BCUT2D eigenvalue weighted by Crippen LogP contribution is -2.25. The first-order chi connectivity index (χ1) is 12.6. The molecule has 2 aromatic carbocycles. The Morgan fingerprint density at radius 3 is 2.69 bits per heavy atom. The van der Waals surface area contributed by atoms with Gasteiger partial charge in [0.05, 0.1) is 0 Å². The number of carbonyl (C=O) groups excluding carboxylic acids is 1. The van der Waals surface area contributed by atoms with Gasteiger partial charge in [0.1, 0.15) is 5.75 Å². The number of nitrogens with zero attached hydrogens (tertiary/aromatic N) is 1. The summed E-state index contributed by atoms with van der Waals surface area (Å²) in [5.41, 5.74) is 2.64. The third kappa shape index (κ3) is 4.61. The molecule has 26 heavy (non-hydrogen) atoms. The fourth-order valence-corrected chi connectivity index (χ4v) is 3.13. The summed E-state index contributed by atoms with van der Waals surface area (Å²) in [5.74, 6) is -0.179. The number of aromatic nitrogens is 1. The van der Waals surface area contributed by atoms with E-state index >= 15 is 0 Å². The van der Waals surface area contributed by atoms with Crippen molar-refractivity contribution in [1.29, 1.82) is 0 Å². The highest BCUT2D eigenvalue weighted by Crippen LogP contribution is 2.34. The number of phenolic OH excluding ortho intramolecular Hbond substituents is 1. The molecular formula is C21H19ClN2O2. The van der Waals surface area contributed by atoms with Gasteiger partial charge in [-0.05, 0) is 41.0 Å². The number of amides is 1. The maximum absolute atomic E-state index is 12.5. The third-order valence-electron chi connectivity index (χ3n) is 4.16. The molecule has 1 amide bonds. The molecule has 0 radical (unpaired) electrons. The summed E-state index contributed by atoms with van der Waals surface area (Å²) in [6, 6.07) is 18.1. The molecule has 5 heteroatoms. The number of benzene rings is 2. The molecule has 2 N–H and O–H groups in total. The Kier molecular flexibility index (Phi) is 5.87. The summed E-state index contributed by atoms with van der Waals surface area (Å²) in [4.78, 5) is 16.6. The average Bonchev–Trinajstić information content (AvgIpc) is 2.66. The first kappa shape index (κ1) is 18.0. The van der Waals surface area contributed by atoms with Gasteiger partial charge in [-0.25, -0.2) is 0 Å². The monoisotopic (exact) mass is 366 g/mol. The summed E-state index contributed by atoms with van der Waals surface area (Å²) in [5, 5.41) is 13.3. The quantitative estimate of drug-likeness (QED) is 0.684. The molecular weight excluding hydrogens is 348 g/mol. The van der Waals surface area contributed by atoms with E-state index in [0.717, 1.165) is 16.7 Å². The molecule has 0 aliphatic rings. The van der Waals surface area contributed by atoms with Crippen LogP contribution >= 0.6 is 11.6 Å². The number of aromatic hydroxyl groups is 1. The number of halogens is 1. The van der Waals surface area contributed by atoms with E-state index in [9.17, 15) is 9.90 Å². The molecule has 0 unspecified atom stereocenters. The summed E-state index contributed by atoms with van der Waals surface area (Å²) in [6.45, 7) is 0.419. The van der Waals surface area contributed by atoms with Crippen molar-refractivity contribution >= 4 is 17.5 Å². The molecule has 1 heterocycles. The van der Waals surface area contributed by atoms with E-state index in [1.54, 1.807) is 36.7 Å². The largest absolute Gasteiger partial charge is 0.508 e. The second-order valence-electron chi connectivity index (χ2n) is 6.01. The van der Waals surface area contributed by atoms with Gasteiger partial charge in [-0.3, -0.25) is 9.78 Å². The maximum atomic E-state index is 12.5. The predicted octanol–water partition coefficient (Wildman–Crippen LogP) is 4.28. The van der Waals surface area contributed by atoms with Crippen molar-refractivity contribution in [3.8, 4) is 5.75 Å². The van der Waals surface area contributed by atoms with Crippen molar-refractivity contribution in [3.63, 3.8) is 0 Å². The summed E-state index contributed by atoms with van der Waals surface area (Å²) < 4.78 is 0. The van der Waals surface area contributed by atoms with Crippen LogP contribution in [0.25, 0.3) is 0 Å². The predicted molar refractivity (Wildman–Crippen MR) is 102 cm³/mol. The van der Waals surface area contributed by atoms with Crippen LogP contribution in [0.3, 0.4) is 0 Å². The van der Waals surface area contributed by atoms with Crippen LogP contribution in [0.1, 0.15) is 29.0 Å². The third-order valence-corrected chi connectivity index (χ3v) is 4.50. The molecule has 1 aromatic heterocycles. The first-order valence-corrected chi connectivity index (χ1v) is 8.70. The van der Waals surface area contributed by atoms with Crippen molar-refractivity contribution in [2.45, 2.75) is 18.9 Å². The minimum absolute atomic E-state index is 0.0953. The number of carbonyl (C=O) groups is 1. The van der Waals surface area contributed by atoms with E-state index in [1.165, 1.54) is 0 Å². The van der Waals surface area contributed by atoms with Gasteiger partial charge in [-0.2, -0.15) is 0 Å². The molecule has 0 aliphatic carbocycles. The molecule has 3 rings (SSSR count). The fourth-order valence-electron chi connectivity index (χ4n) is 2.87. The van der Waals surface area contributed by atoms with Gasteiger partial charge in [0.2, 0.25) is 5.91 Å². The maximum Gasteiger partial charge on any atom is 0.221 e. The molecule has 132 valence electrons. The van der Waals surface area contributed by atoms with E-state index in [0.29, 0.717) is 11.6 Å². The Hall–Kier alpha value is -2.85. The number of nitrogens with one attached hydrogen (secondary N) is 1. The lowest BCUT2D eigenvalue weighted by atomic mass is 9.88. The normalized spacial score (nSPS) is 11.7. The first-order valence-electron chi connectivity index (χ1n) is 8.32. The van der Waals surface area contributed by atoms with E-state index in [-0.39, 0.29) is 24.0 Å². The van der Waals surface area contributed by atoms with E-state index in [1.807, 2.05) is 36.4 Å². The van der Waals surface area contributed by atoms with Crippen molar-refractivity contribution in [2.24, 2.45) is 0 Å². The van der Waals surface area contributed by atoms with Crippen LogP contribution in [-0.2, 0) is 11.3 Å². The van der Waals surface area contributed by atoms with Crippen LogP contribution in [0, 0.1) is 0 Å². The molecule has 0 fully saturated rings. The van der Waals surface area contributed by atoms with Gasteiger partial charge in [0, 0.05) is 36.3 Å². The van der Waals surface area contributed by atoms with Gasteiger partial charge >= 0.3 is 0 Å². The molecule has 3 aromatic rings. The Morgan fingerprint density at radius 1 is 1.12 bits per heavy atom. The number of hydrogen-bond acceptors (Lipinski definition) is 3. The van der Waals surface area contributed by atoms with E-state index in [2.05, 4.69) is 10.3 Å². The van der Waals surface area contributed by atoms with Crippen LogP contribution in [-0.4, -0.2) is 16.0 Å². The van der Waals surface area contributed by atoms with Gasteiger partial charge in [-0.1, -0.05) is 48.0 Å². The van der Waals surface area contributed by atoms with Crippen LogP contribution in [0.2, 0.25) is 5.02 Å². The summed E-state index contributed by atoms with van der Waals surface area (Å²) in [6.07, 6.45) is 3.65. The van der Waals surface area contributed by atoms with Gasteiger partial charge in [0.15, 0.2) is 0 Å². The van der Waals surface area contributed by atoms with E-state index in [4.69, 9.17) is 11.6 Å². The standard InChI is InChI=1S/C21H19ClN2O2/c22-20-9-2-1-8-18(20)19(16-6-3-7-17(25)11-16)12-21(26)24-14-15-5-4-10-23-13-15/h1-11,13,19,25H,12,14H2,(H,24,26)/t19-/m1/s1. The minimum Gasteiger partial charge on any atom is -0.508 e. The molecule has 0 saturated carbocycles. The summed E-state index contributed by atoms with van der Waals surface area (Å²) in [7, 11) is 0. The minimum atomic E-state index is -0.246. The van der Waals surface area contributed by atoms with Crippen molar-refractivity contribution < 1.29 is 9.90 Å². The highest BCUT2D eigenvalue weighted by molar-refractivity contribution is 6.31. The average molecular weight is 367 g/mol. The molecule has 0 spiro atoms. The fraction of sp³-hybridized carbons (Fsp3) is 0.143. The lowest BCUT2D eigenvalue weighted by Gasteiger charge is -2.19. The molecule has 0 aliphatic heterocycles. The zero-order chi connectivity index (χ0) is 18.4. The number of phenols is 1. The van der Waals surface area contributed by atoms with Crippen LogP contribution < -0.4 is 5.32 Å². The molecule has 0 bridgehead atoms. The zero-order valence-corrected chi connectivity index (χ0v) is 14.9. The molecule has 4 nitrogen and oxygen atoms in total. The van der Waals surface area contributed by atoms with Gasteiger partial charge in [0.25, 0.3) is 0 Å². The van der Waals surface area contributed by atoms with Crippen LogP contribution in [0.15, 0.2) is 73.1 Å². The van der Waals surface area contributed by atoms with E-state index < -0.39 is 0 Å². The molecule has 1 atom stereocenters. The number of pyridine rings is 1. The molecule has 0 saturated heterocycles. The van der Waals surface area contributed by atoms with Crippen LogP contribution in [0.5, 0.6) is 5.75 Å². The zero-order valence-electron chi connectivity index (χ0n) is 14.1. The number of rotatable bonds is 6. The summed E-state index contributed by atoms with van der Waals surface area (Å²) >= 11 is 6.36. The Bertz CT molecular complexity index is 884. The van der Waals surface area contributed by atoms with Crippen molar-refractivity contribution in [2.75, 3.05) is 0 Å². The van der Waals surface area contributed by atoms with Gasteiger partial charge in [-0.15, -0.1) is 0 Å². The van der Waals surface area contributed by atoms with Crippen molar-refractivity contribution in [1.82, 2.24) is 10.3 Å². The Labute approximate surface area is 157 Å². The smallest absolute Gasteiger partial charge is 0.221 e. The highest BCUT2D eigenvalue weighted by Gasteiger charge is 2.20. The SMILES string of the molecule is O=C(C[C@H](c1cccc(O)c1)c1ccccc1Cl)NCc1cccnc1. The van der Waals surface area contributed by atoms with Crippen LogP contribution in [0.4, 0.5) is 0 Å². The second kappa shape index (κ2) is 8.50. The highest BCUT2D eigenvalue weighted by atomic mass is 35.5. The van der Waals surface area contributed by atoms with Gasteiger partial charge < -0.3 is 10.4 Å². The van der Waals surface area contributed by atoms with Crippen molar-refractivity contribution in [3.05, 3.63) is 94.8 Å². The lowest BCUT2D eigenvalue weighted by molar-refractivity contribution is -0.121. The number of hydrogen-bond donors (Lipinski definition) is 2. The Balaban J connectivity index is 1.80. The second-order valence-corrected chi connectivity index (χ2v) is 6.42. The topological polar surface area (TPSA) is 62.2 Å².